The summed E-state index contributed by atoms with van der Waals surface area (Å²) in [5.74, 6) is 0. The van der Waals surface area contributed by atoms with Crippen LogP contribution in [0.4, 0.5) is 5.69 Å². The van der Waals surface area contributed by atoms with Crippen LogP contribution in [0.2, 0.25) is 0 Å². The smallest absolute Gasteiger partial charge is 0.214 e. The maximum atomic E-state index is 10.8. The Morgan fingerprint density at radius 1 is 1.43 bits per heavy atom. The molecule has 0 aliphatic carbocycles. The molecule has 0 bridgehead atoms. The van der Waals surface area contributed by atoms with Crippen molar-refractivity contribution in [1.82, 2.24) is 0 Å². The third kappa shape index (κ3) is 4.69. The van der Waals surface area contributed by atoms with Gasteiger partial charge in [0.05, 0.1) is 11.3 Å². The Morgan fingerprint density at radius 2 is 2.13 bits per heavy atom. The van der Waals surface area contributed by atoms with E-state index in [1.54, 1.807) is 6.92 Å². The molecule has 0 saturated carbocycles. The lowest BCUT2D eigenvalue weighted by Gasteiger charge is -2.20. The standard InChI is InChI=1S/C16H21N3O2.C2H6/c1-3-4-6-18-7-5-14-9-13(8-12(2)19(20)21)10-15(11-17)16(14)18;1-2/h9-10,12H,3-8H2,1-2H3;1-2H3. The fourth-order valence-corrected chi connectivity index (χ4v) is 2.88. The molecule has 126 valence electrons. The Kier molecular flexibility index (Phi) is 7.53. The van der Waals surface area contributed by atoms with E-state index in [1.807, 2.05) is 26.0 Å². The lowest BCUT2D eigenvalue weighted by atomic mass is 9.99. The first kappa shape index (κ1) is 19.0. The number of hydrogen-bond acceptors (Lipinski definition) is 4. The maximum absolute atomic E-state index is 10.8. The van der Waals surface area contributed by atoms with Gasteiger partial charge in [-0.15, -0.1) is 0 Å². The van der Waals surface area contributed by atoms with Crippen molar-refractivity contribution in [2.24, 2.45) is 0 Å². The number of nitro groups is 1. The van der Waals surface area contributed by atoms with Gasteiger partial charge in [-0.25, -0.2) is 0 Å². The van der Waals surface area contributed by atoms with Gasteiger partial charge in [0.15, 0.2) is 0 Å². The van der Waals surface area contributed by atoms with E-state index in [4.69, 9.17) is 0 Å². The third-order valence-corrected chi connectivity index (χ3v) is 4.01. The summed E-state index contributed by atoms with van der Waals surface area (Å²) in [5.41, 5.74) is 3.76. The topological polar surface area (TPSA) is 70.2 Å². The highest BCUT2D eigenvalue weighted by molar-refractivity contribution is 5.68. The summed E-state index contributed by atoms with van der Waals surface area (Å²) in [5, 5.41) is 20.2. The van der Waals surface area contributed by atoms with Crippen molar-refractivity contribution in [3.63, 3.8) is 0 Å². The van der Waals surface area contributed by atoms with Crippen LogP contribution in [0.25, 0.3) is 0 Å². The number of rotatable bonds is 6. The Bertz CT molecular complexity index is 578. The van der Waals surface area contributed by atoms with E-state index in [2.05, 4.69) is 17.9 Å². The highest BCUT2D eigenvalue weighted by atomic mass is 16.6. The molecule has 0 aromatic heterocycles. The zero-order chi connectivity index (χ0) is 17.4. The minimum Gasteiger partial charge on any atom is -0.370 e. The van der Waals surface area contributed by atoms with Gasteiger partial charge in [-0.1, -0.05) is 33.3 Å². The molecule has 5 heteroatoms. The summed E-state index contributed by atoms with van der Waals surface area (Å²) in [4.78, 5) is 12.8. The largest absolute Gasteiger partial charge is 0.370 e. The van der Waals surface area contributed by atoms with Crippen LogP contribution in [-0.4, -0.2) is 24.1 Å². The van der Waals surface area contributed by atoms with Crippen LogP contribution in [0.5, 0.6) is 0 Å². The molecule has 0 saturated heterocycles. The van der Waals surface area contributed by atoms with Gasteiger partial charge in [-0.05, 0) is 30.0 Å². The Labute approximate surface area is 139 Å². The van der Waals surface area contributed by atoms with Crippen LogP contribution in [0.15, 0.2) is 12.1 Å². The SMILES string of the molecule is CC.CCCCN1CCc2cc(CC(C)[N+](=O)[O-])cc(C#N)c21. The number of fused-ring (bicyclic) bond motifs is 1. The summed E-state index contributed by atoms with van der Waals surface area (Å²) in [6.45, 7) is 9.68. The molecular formula is C18H27N3O2. The molecule has 1 heterocycles. The van der Waals surface area contributed by atoms with Crippen molar-refractivity contribution in [3.8, 4) is 6.07 Å². The van der Waals surface area contributed by atoms with Crippen molar-refractivity contribution >= 4 is 5.69 Å². The monoisotopic (exact) mass is 317 g/mol. The number of unbranched alkanes of at least 4 members (excludes halogenated alkanes) is 1. The first-order valence-electron chi connectivity index (χ1n) is 8.51. The summed E-state index contributed by atoms with van der Waals surface area (Å²) in [7, 11) is 0. The summed E-state index contributed by atoms with van der Waals surface area (Å²) in [6.07, 6.45) is 3.55. The normalized spacial score (nSPS) is 13.6. The molecule has 1 unspecified atom stereocenters. The molecule has 5 nitrogen and oxygen atoms in total. The molecular weight excluding hydrogens is 290 g/mol. The number of nitrogens with zero attached hydrogens (tertiary/aromatic N) is 3. The van der Waals surface area contributed by atoms with Gasteiger partial charge in [-0.2, -0.15) is 5.26 Å². The predicted octanol–water partition coefficient (Wildman–Crippen LogP) is 3.95. The lowest BCUT2D eigenvalue weighted by molar-refractivity contribution is -0.517. The minimum atomic E-state index is -0.618. The fraction of sp³-hybridized carbons (Fsp3) is 0.611. The Morgan fingerprint density at radius 3 is 2.70 bits per heavy atom. The molecule has 0 radical (unpaired) electrons. The van der Waals surface area contributed by atoms with Crippen molar-refractivity contribution in [2.45, 2.75) is 59.4 Å². The second kappa shape index (κ2) is 9.14. The first-order valence-corrected chi connectivity index (χ1v) is 8.51. The summed E-state index contributed by atoms with van der Waals surface area (Å²) in [6, 6.07) is 5.51. The van der Waals surface area contributed by atoms with Crippen LogP contribution in [0.1, 0.15) is 57.2 Å². The average molecular weight is 317 g/mol. The Hall–Kier alpha value is -2.09. The van der Waals surface area contributed by atoms with E-state index in [0.717, 1.165) is 49.2 Å². The van der Waals surface area contributed by atoms with Gasteiger partial charge in [-0.3, -0.25) is 10.1 Å². The van der Waals surface area contributed by atoms with E-state index < -0.39 is 6.04 Å². The fourth-order valence-electron chi connectivity index (χ4n) is 2.88. The van der Waals surface area contributed by atoms with E-state index in [9.17, 15) is 15.4 Å². The van der Waals surface area contributed by atoms with E-state index in [-0.39, 0.29) is 4.92 Å². The predicted molar refractivity (Wildman–Crippen MR) is 93.5 cm³/mol. The van der Waals surface area contributed by atoms with Gasteiger partial charge < -0.3 is 4.90 Å². The zero-order valence-electron chi connectivity index (χ0n) is 14.6. The highest BCUT2D eigenvalue weighted by Gasteiger charge is 2.24. The quantitative estimate of drug-likeness (QED) is 0.588. The molecule has 1 atom stereocenters. The van der Waals surface area contributed by atoms with Crippen molar-refractivity contribution in [2.75, 3.05) is 18.0 Å². The van der Waals surface area contributed by atoms with Crippen molar-refractivity contribution in [1.29, 1.82) is 5.26 Å². The van der Waals surface area contributed by atoms with E-state index >= 15 is 0 Å². The molecule has 0 amide bonds. The number of anilines is 1. The van der Waals surface area contributed by atoms with Gasteiger partial charge in [0.1, 0.15) is 6.07 Å². The second-order valence-corrected chi connectivity index (χ2v) is 5.69. The Balaban J connectivity index is 0.00000127. The van der Waals surface area contributed by atoms with Gasteiger partial charge in [0.25, 0.3) is 0 Å². The maximum Gasteiger partial charge on any atom is 0.214 e. The third-order valence-electron chi connectivity index (χ3n) is 4.01. The molecule has 23 heavy (non-hydrogen) atoms. The molecule has 1 aliphatic heterocycles. The van der Waals surface area contributed by atoms with Gasteiger partial charge >= 0.3 is 0 Å². The van der Waals surface area contributed by atoms with Crippen LogP contribution < -0.4 is 4.90 Å². The zero-order valence-corrected chi connectivity index (χ0v) is 14.6. The molecule has 1 aromatic carbocycles. The molecule has 0 N–H and O–H groups in total. The second-order valence-electron chi connectivity index (χ2n) is 5.69. The van der Waals surface area contributed by atoms with E-state index in [1.165, 1.54) is 0 Å². The summed E-state index contributed by atoms with van der Waals surface area (Å²) < 4.78 is 0. The van der Waals surface area contributed by atoms with Gasteiger partial charge in [0.2, 0.25) is 6.04 Å². The first-order chi connectivity index (χ1) is 11.1. The van der Waals surface area contributed by atoms with Crippen LogP contribution in [0, 0.1) is 21.4 Å². The minimum absolute atomic E-state index is 0.271. The highest BCUT2D eigenvalue weighted by Crippen LogP contribution is 2.33. The van der Waals surface area contributed by atoms with Crippen LogP contribution in [0.3, 0.4) is 0 Å². The van der Waals surface area contributed by atoms with Crippen molar-refractivity contribution < 1.29 is 4.92 Å². The van der Waals surface area contributed by atoms with Crippen LogP contribution >= 0.6 is 0 Å². The molecule has 1 aromatic rings. The molecule has 1 aliphatic rings. The van der Waals surface area contributed by atoms with E-state index in [0.29, 0.717) is 12.0 Å². The number of nitriles is 1. The van der Waals surface area contributed by atoms with Crippen LogP contribution in [-0.2, 0) is 12.8 Å². The lowest BCUT2D eigenvalue weighted by Crippen LogP contribution is -2.22. The number of hydrogen-bond donors (Lipinski definition) is 0. The molecule has 0 spiro atoms. The molecule has 2 rings (SSSR count). The summed E-state index contributed by atoms with van der Waals surface area (Å²) >= 11 is 0. The average Bonchev–Trinajstić information content (AvgIpc) is 2.96. The van der Waals surface area contributed by atoms with Gasteiger partial charge in [0, 0.05) is 31.4 Å². The number of benzene rings is 1. The van der Waals surface area contributed by atoms with Crippen molar-refractivity contribution in [3.05, 3.63) is 38.9 Å². The molecule has 0 fully saturated rings.